The van der Waals surface area contributed by atoms with Crippen LogP contribution in [-0.2, 0) is 4.79 Å². The predicted molar refractivity (Wildman–Crippen MR) is 94.5 cm³/mol. The third-order valence-electron chi connectivity index (χ3n) is 4.36. The molecule has 0 saturated carbocycles. The molecule has 1 aromatic heterocycles. The standard InChI is InChI=1S/C17H20ClN5O/c1-13(16(24)21-15-5-3-14(18)4-6-15)22-9-11-23(12-10-22)17-19-7-2-8-20-17/h2-8,13H,9-12H2,1H3,(H,21,24)/p+1/t13-/m0/s1. The van der Waals surface area contributed by atoms with Crippen LogP contribution in [0.25, 0.3) is 0 Å². The Hall–Kier alpha value is -2.18. The predicted octanol–water partition coefficient (Wildman–Crippen LogP) is 0.862. The normalized spacial score (nSPS) is 16.7. The van der Waals surface area contributed by atoms with E-state index in [4.69, 9.17) is 11.6 Å². The third-order valence-corrected chi connectivity index (χ3v) is 4.61. The van der Waals surface area contributed by atoms with Crippen molar-refractivity contribution in [1.82, 2.24) is 9.97 Å². The molecule has 2 aromatic rings. The average Bonchev–Trinajstić information content (AvgIpc) is 2.64. The van der Waals surface area contributed by atoms with Crippen LogP contribution in [0.15, 0.2) is 42.7 Å². The highest BCUT2D eigenvalue weighted by molar-refractivity contribution is 6.30. The van der Waals surface area contributed by atoms with Crippen molar-refractivity contribution in [3.63, 3.8) is 0 Å². The summed E-state index contributed by atoms with van der Waals surface area (Å²) in [7, 11) is 0. The maximum Gasteiger partial charge on any atom is 0.282 e. The Morgan fingerprint density at radius 2 is 1.83 bits per heavy atom. The maximum atomic E-state index is 12.4. The molecule has 1 aromatic carbocycles. The SMILES string of the molecule is C[C@@H](C(=O)Nc1ccc(Cl)cc1)[NH+]1CCN(c2ncccn2)CC1. The van der Waals surface area contributed by atoms with Gasteiger partial charge in [-0.15, -0.1) is 0 Å². The van der Waals surface area contributed by atoms with Crippen molar-refractivity contribution in [2.45, 2.75) is 13.0 Å². The first-order valence-electron chi connectivity index (χ1n) is 8.06. The topological polar surface area (TPSA) is 62.6 Å². The van der Waals surface area contributed by atoms with E-state index in [0.717, 1.165) is 37.8 Å². The molecule has 1 aliphatic heterocycles. The van der Waals surface area contributed by atoms with Gasteiger partial charge in [0.2, 0.25) is 5.95 Å². The lowest BCUT2D eigenvalue weighted by atomic mass is 10.2. The van der Waals surface area contributed by atoms with Gasteiger partial charge in [0.25, 0.3) is 5.91 Å². The van der Waals surface area contributed by atoms with Gasteiger partial charge >= 0.3 is 0 Å². The highest BCUT2D eigenvalue weighted by Gasteiger charge is 2.29. The van der Waals surface area contributed by atoms with Gasteiger partial charge in [0.15, 0.2) is 6.04 Å². The number of carbonyl (C=O) groups excluding carboxylic acids is 1. The number of quaternary nitrogens is 1. The highest BCUT2D eigenvalue weighted by Crippen LogP contribution is 2.13. The summed E-state index contributed by atoms with van der Waals surface area (Å²) in [6.07, 6.45) is 3.51. The van der Waals surface area contributed by atoms with Crippen LogP contribution >= 0.6 is 11.6 Å². The first kappa shape index (κ1) is 16.7. The van der Waals surface area contributed by atoms with E-state index in [0.29, 0.717) is 5.02 Å². The minimum absolute atomic E-state index is 0.0248. The maximum absolute atomic E-state index is 12.4. The molecule has 2 heterocycles. The molecule has 1 atom stereocenters. The van der Waals surface area contributed by atoms with E-state index in [1.165, 1.54) is 4.90 Å². The van der Waals surface area contributed by atoms with Crippen LogP contribution in [0.3, 0.4) is 0 Å². The quantitative estimate of drug-likeness (QED) is 0.862. The molecule has 0 spiro atoms. The van der Waals surface area contributed by atoms with Gasteiger partial charge in [-0.25, -0.2) is 9.97 Å². The Morgan fingerprint density at radius 1 is 1.21 bits per heavy atom. The van der Waals surface area contributed by atoms with Crippen molar-refractivity contribution in [3.8, 4) is 0 Å². The number of piperazine rings is 1. The number of nitrogens with one attached hydrogen (secondary N) is 2. The molecule has 24 heavy (non-hydrogen) atoms. The summed E-state index contributed by atoms with van der Waals surface area (Å²) in [5, 5.41) is 3.61. The molecule has 1 fully saturated rings. The minimum atomic E-state index is -0.112. The largest absolute Gasteiger partial charge is 0.330 e. The number of carbonyl (C=O) groups is 1. The number of aromatic nitrogens is 2. The van der Waals surface area contributed by atoms with Crippen LogP contribution < -0.4 is 15.1 Å². The average molecular weight is 347 g/mol. The van der Waals surface area contributed by atoms with Crippen LogP contribution in [0.2, 0.25) is 5.02 Å². The number of hydrogen-bond acceptors (Lipinski definition) is 4. The second-order valence-corrected chi connectivity index (χ2v) is 6.35. The van der Waals surface area contributed by atoms with Gasteiger partial charge in [-0.05, 0) is 37.3 Å². The molecule has 0 radical (unpaired) electrons. The number of amides is 1. The summed E-state index contributed by atoms with van der Waals surface area (Å²) in [6, 6.07) is 8.87. The Kier molecular flexibility index (Phi) is 5.27. The van der Waals surface area contributed by atoms with Gasteiger partial charge in [0.1, 0.15) is 0 Å². The van der Waals surface area contributed by atoms with E-state index < -0.39 is 0 Å². The van der Waals surface area contributed by atoms with Crippen molar-refractivity contribution >= 4 is 29.1 Å². The summed E-state index contributed by atoms with van der Waals surface area (Å²) >= 11 is 5.87. The Labute approximate surface area is 146 Å². The molecule has 126 valence electrons. The molecule has 6 nitrogen and oxygen atoms in total. The molecule has 1 aliphatic rings. The van der Waals surface area contributed by atoms with E-state index in [-0.39, 0.29) is 11.9 Å². The zero-order valence-electron chi connectivity index (χ0n) is 13.6. The first-order chi connectivity index (χ1) is 11.6. The van der Waals surface area contributed by atoms with Gasteiger partial charge < -0.3 is 15.1 Å². The lowest BCUT2D eigenvalue weighted by molar-refractivity contribution is -0.914. The molecule has 7 heteroatoms. The molecule has 1 saturated heterocycles. The summed E-state index contributed by atoms with van der Waals surface area (Å²) in [6.45, 7) is 5.42. The molecular formula is C17H21ClN5O+. The number of nitrogens with zero attached hydrogens (tertiary/aromatic N) is 3. The number of anilines is 2. The van der Waals surface area contributed by atoms with Crippen LogP contribution in [0.5, 0.6) is 0 Å². The van der Waals surface area contributed by atoms with E-state index in [9.17, 15) is 4.79 Å². The summed E-state index contributed by atoms with van der Waals surface area (Å²) < 4.78 is 0. The highest BCUT2D eigenvalue weighted by atomic mass is 35.5. The fraction of sp³-hybridized carbons (Fsp3) is 0.353. The minimum Gasteiger partial charge on any atom is -0.330 e. The second kappa shape index (κ2) is 7.59. The smallest absolute Gasteiger partial charge is 0.282 e. The molecule has 0 aliphatic carbocycles. The lowest BCUT2D eigenvalue weighted by Gasteiger charge is -2.34. The molecular weight excluding hydrogens is 326 g/mol. The van der Waals surface area contributed by atoms with Crippen LogP contribution in [0.1, 0.15) is 6.92 Å². The zero-order chi connectivity index (χ0) is 16.9. The van der Waals surface area contributed by atoms with Crippen molar-refractivity contribution < 1.29 is 9.69 Å². The van der Waals surface area contributed by atoms with Crippen LogP contribution in [0, 0.1) is 0 Å². The first-order valence-corrected chi connectivity index (χ1v) is 8.44. The molecule has 2 N–H and O–H groups in total. The molecule has 0 unspecified atom stereocenters. The van der Waals surface area contributed by atoms with Crippen molar-refractivity contribution in [2.75, 3.05) is 36.4 Å². The van der Waals surface area contributed by atoms with Gasteiger partial charge in [0, 0.05) is 23.1 Å². The molecule has 3 rings (SSSR count). The van der Waals surface area contributed by atoms with Crippen molar-refractivity contribution in [3.05, 3.63) is 47.7 Å². The number of hydrogen-bond donors (Lipinski definition) is 2. The molecule has 0 bridgehead atoms. The van der Waals surface area contributed by atoms with Crippen molar-refractivity contribution in [1.29, 1.82) is 0 Å². The fourth-order valence-electron chi connectivity index (χ4n) is 2.85. The van der Waals surface area contributed by atoms with E-state index in [1.54, 1.807) is 24.5 Å². The fourth-order valence-corrected chi connectivity index (χ4v) is 2.98. The Morgan fingerprint density at radius 3 is 2.46 bits per heavy atom. The summed E-state index contributed by atoms with van der Waals surface area (Å²) in [5.74, 6) is 0.784. The monoisotopic (exact) mass is 346 g/mol. The Bertz CT molecular complexity index is 671. The van der Waals surface area contributed by atoms with E-state index in [2.05, 4.69) is 20.2 Å². The lowest BCUT2D eigenvalue weighted by Crippen LogP contribution is -3.19. The Balaban J connectivity index is 1.53. The van der Waals surface area contributed by atoms with Crippen molar-refractivity contribution in [2.24, 2.45) is 0 Å². The number of halogens is 1. The summed E-state index contributed by atoms with van der Waals surface area (Å²) in [5.41, 5.74) is 0.770. The molecule has 1 amide bonds. The third kappa shape index (κ3) is 4.01. The summed E-state index contributed by atoms with van der Waals surface area (Å²) in [4.78, 5) is 24.4. The number of benzene rings is 1. The van der Waals surface area contributed by atoms with Crippen LogP contribution in [-0.4, -0.2) is 48.1 Å². The van der Waals surface area contributed by atoms with Crippen LogP contribution in [0.4, 0.5) is 11.6 Å². The number of rotatable bonds is 4. The second-order valence-electron chi connectivity index (χ2n) is 5.91. The van der Waals surface area contributed by atoms with Gasteiger partial charge in [0.05, 0.1) is 26.2 Å². The van der Waals surface area contributed by atoms with E-state index in [1.807, 2.05) is 25.1 Å². The van der Waals surface area contributed by atoms with Gasteiger partial charge in [-0.2, -0.15) is 0 Å². The zero-order valence-corrected chi connectivity index (χ0v) is 14.3. The van der Waals surface area contributed by atoms with Gasteiger partial charge in [-0.1, -0.05) is 11.6 Å². The van der Waals surface area contributed by atoms with E-state index >= 15 is 0 Å². The van der Waals surface area contributed by atoms with Gasteiger partial charge in [-0.3, -0.25) is 4.79 Å².